The molecule has 1 fully saturated rings. The molecule has 0 saturated heterocycles. The van der Waals surface area contributed by atoms with Crippen LogP contribution in [0, 0.1) is 5.92 Å². The van der Waals surface area contributed by atoms with Crippen LogP contribution < -0.4 is 10.2 Å². The molecule has 1 aromatic rings. The Morgan fingerprint density at radius 2 is 2.16 bits per heavy atom. The second-order valence-corrected chi connectivity index (χ2v) is 6.23. The van der Waals surface area contributed by atoms with Crippen LogP contribution in [0.25, 0.3) is 0 Å². The van der Waals surface area contributed by atoms with Gasteiger partial charge in [0.15, 0.2) is 0 Å². The van der Waals surface area contributed by atoms with Crippen LogP contribution in [0.2, 0.25) is 5.02 Å². The van der Waals surface area contributed by atoms with Gasteiger partial charge in [-0.15, -0.1) is 0 Å². The lowest BCUT2D eigenvalue weighted by molar-refractivity contribution is 0.560. The number of halogens is 1. The van der Waals surface area contributed by atoms with Crippen molar-refractivity contribution in [1.82, 2.24) is 5.32 Å². The number of benzene rings is 1. The van der Waals surface area contributed by atoms with Gasteiger partial charge in [0.25, 0.3) is 0 Å². The second kappa shape index (κ2) is 6.62. The van der Waals surface area contributed by atoms with E-state index >= 15 is 0 Å². The van der Waals surface area contributed by atoms with Crippen LogP contribution >= 0.6 is 11.6 Å². The van der Waals surface area contributed by atoms with Gasteiger partial charge in [-0.25, -0.2) is 0 Å². The molecule has 0 spiro atoms. The van der Waals surface area contributed by atoms with E-state index in [1.807, 2.05) is 0 Å². The molecule has 0 aromatic heterocycles. The summed E-state index contributed by atoms with van der Waals surface area (Å²) in [7, 11) is 2.14. The maximum Gasteiger partial charge on any atom is 0.0471 e. The summed E-state index contributed by atoms with van der Waals surface area (Å²) in [6.07, 6.45) is 3.84. The minimum absolute atomic E-state index is 0.708. The zero-order valence-corrected chi connectivity index (χ0v) is 13.0. The largest absolute Gasteiger partial charge is 0.374 e. The van der Waals surface area contributed by atoms with Gasteiger partial charge in [0.05, 0.1) is 0 Å². The maximum atomic E-state index is 6.38. The highest BCUT2D eigenvalue weighted by Gasteiger charge is 2.20. The van der Waals surface area contributed by atoms with Crippen LogP contribution in [-0.2, 0) is 6.54 Å². The van der Waals surface area contributed by atoms with Gasteiger partial charge in [0, 0.05) is 36.9 Å². The fraction of sp³-hybridized carbons (Fsp3) is 0.625. The molecule has 0 aliphatic heterocycles. The highest BCUT2D eigenvalue weighted by Crippen LogP contribution is 2.25. The third-order valence-corrected chi connectivity index (χ3v) is 4.27. The van der Waals surface area contributed by atoms with Crippen LogP contribution in [0.15, 0.2) is 18.2 Å². The Labute approximate surface area is 122 Å². The second-order valence-electron chi connectivity index (χ2n) is 5.82. The van der Waals surface area contributed by atoms with E-state index in [0.717, 1.165) is 24.2 Å². The average molecular weight is 281 g/mol. The molecule has 0 heterocycles. The Morgan fingerprint density at radius 1 is 1.42 bits per heavy atom. The monoisotopic (exact) mass is 280 g/mol. The highest BCUT2D eigenvalue weighted by atomic mass is 35.5. The minimum Gasteiger partial charge on any atom is -0.374 e. The van der Waals surface area contributed by atoms with Gasteiger partial charge < -0.3 is 10.2 Å². The third-order valence-electron chi connectivity index (χ3n) is 3.92. The fourth-order valence-corrected chi connectivity index (χ4v) is 2.40. The first kappa shape index (κ1) is 14.7. The Hall–Kier alpha value is -0.730. The van der Waals surface area contributed by atoms with E-state index in [1.54, 1.807) is 0 Å². The van der Waals surface area contributed by atoms with Crippen molar-refractivity contribution in [1.29, 1.82) is 0 Å². The van der Waals surface area contributed by atoms with E-state index in [9.17, 15) is 0 Å². The summed E-state index contributed by atoms with van der Waals surface area (Å²) in [4.78, 5) is 2.29. The molecule has 2 rings (SSSR count). The van der Waals surface area contributed by atoms with Crippen LogP contribution in [0.1, 0.15) is 38.7 Å². The first-order valence-corrected chi connectivity index (χ1v) is 7.71. The molecule has 0 amide bonds. The van der Waals surface area contributed by atoms with Crippen LogP contribution in [-0.4, -0.2) is 19.6 Å². The molecule has 0 radical (unpaired) electrons. The molecule has 1 atom stereocenters. The van der Waals surface area contributed by atoms with Gasteiger partial charge in [0.1, 0.15) is 0 Å². The Morgan fingerprint density at radius 3 is 2.74 bits per heavy atom. The quantitative estimate of drug-likeness (QED) is 0.810. The van der Waals surface area contributed by atoms with E-state index in [1.165, 1.54) is 30.5 Å². The number of nitrogens with zero attached hydrogens (tertiary/aromatic N) is 1. The van der Waals surface area contributed by atoms with Crippen molar-refractivity contribution in [3.8, 4) is 0 Å². The maximum absolute atomic E-state index is 6.38. The molecular formula is C16H25ClN2. The summed E-state index contributed by atoms with van der Waals surface area (Å²) in [5.41, 5.74) is 2.41. The standard InChI is InChI=1S/C16H25ClN2/c1-4-12(2)11-19(3)15-8-5-13(16(17)9-15)10-18-14-6-7-14/h5,8-9,12,14,18H,4,6-7,10-11H2,1-3H3. The van der Waals surface area contributed by atoms with Gasteiger partial charge >= 0.3 is 0 Å². The number of hydrogen-bond acceptors (Lipinski definition) is 2. The first-order chi connectivity index (χ1) is 9.10. The zero-order valence-electron chi connectivity index (χ0n) is 12.2. The lowest BCUT2D eigenvalue weighted by Crippen LogP contribution is -2.23. The molecule has 1 aromatic carbocycles. The molecule has 1 aliphatic rings. The molecule has 2 nitrogen and oxygen atoms in total. The van der Waals surface area contributed by atoms with Crippen molar-refractivity contribution < 1.29 is 0 Å². The number of hydrogen-bond donors (Lipinski definition) is 1. The highest BCUT2D eigenvalue weighted by molar-refractivity contribution is 6.31. The summed E-state index contributed by atoms with van der Waals surface area (Å²) in [6, 6.07) is 7.15. The van der Waals surface area contributed by atoms with Crippen molar-refractivity contribution in [3.05, 3.63) is 28.8 Å². The Kier molecular flexibility index (Phi) is 5.12. The predicted octanol–water partition coefficient (Wildman–Crippen LogP) is 4.07. The Bertz CT molecular complexity index is 415. The number of nitrogens with one attached hydrogen (secondary N) is 1. The fourth-order valence-electron chi connectivity index (χ4n) is 2.16. The van der Waals surface area contributed by atoms with Gasteiger partial charge in [-0.2, -0.15) is 0 Å². The van der Waals surface area contributed by atoms with Gasteiger partial charge in [-0.1, -0.05) is 37.9 Å². The van der Waals surface area contributed by atoms with E-state index in [0.29, 0.717) is 5.92 Å². The van der Waals surface area contributed by atoms with E-state index in [2.05, 4.69) is 49.3 Å². The number of rotatable bonds is 7. The van der Waals surface area contributed by atoms with Crippen molar-refractivity contribution in [3.63, 3.8) is 0 Å². The summed E-state index contributed by atoms with van der Waals surface area (Å²) >= 11 is 6.38. The lowest BCUT2D eigenvalue weighted by Gasteiger charge is -2.23. The smallest absolute Gasteiger partial charge is 0.0471 e. The van der Waals surface area contributed by atoms with Crippen LogP contribution in [0.5, 0.6) is 0 Å². The van der Waals surface area contributed by atoms with E-state index in [4.69, 9.17) is 11.6 Å². The van der Waals surface area contributed by atoms with Gasteiger partial charge in [0.2, 0.25) is 0 Å². The minimum atomic E-state index is 0.708. The van der Waals surface area contributed by atoms with Crippen LogP contribution in [0.4, 0.5) is 5.69 Å². The van der Waals surface area contributed by atoms with E-state index in [-0.39, 0.29) is 0 Å². The molecule has 106 valence electrons. The summed E-state index contributed by atoms with van der Waals surface area (Å²) < 4.78 is 0. The average Bonchev–Trinajstić information content (AvgIpc) is 3.21. The topological polar surface area (TPSA) is 15.3 Å². The molecule has 1 saturated carbocycles. The van der Waals surface area contributed by atoms with Crippen LogP contribution in [0.3, 0.4) is 0 Å². The molecule has 1 N–H and O–H groups in total. The summed E-state index contributed by atoms with van der Waals surface area (Å²) in [5.74, 6) is 0.708. The van der Waals surface area contributed by atoms with Crippen molar-refractivity contribution in [2.24, 2.45) is 5.92 Å². The summed E-state index contributed by atoms with van der Waals surface area (Å²) in [6.45, 7) is 6.48. The Balaban J connectivity index is 1.96. The SMILES string of the molecule is CCC(C)CN(C)c1ccc(CNC2CC2)c(Cl)c1. The van der Waals surface area contributed by atoms with Gasteiger partial charge in [-0.3, -0.25) is 0 Å². The van der Waals surface area contributed by atoms with Crippen molar-refractivity contribution >= 4 is 17.3 Å². The molecule has 1 unspecified atom stereocenters. The molecule has 19 heavy (non-hydrogen) atoms. The van der Waals surface area contributed by atoms with E-state index < -0.39 is 0 Å². The number of anilines is 1. The third kappa shape index (κ3) is 4.39. The molecular weight excluding hydrogens is 256 g/mol. The molecule has 1 aliphatic carbocycles. The van der Waals surface area contributed by atoms with Gasteiger partial charge in [-0.05, 0) is 36.5 Å². The predicted molar refractivity (Wildman–Crippen MR) is 84.0 cm³/mol. The van der Waals surface area contributed by atoms with Crippen molar-refractivity contribution in [2.45, 2.75) is 45.7 Å². The first-order valence-electron chi connectivity index (χ1n) is 7.33. The summed E-state index contributed by atoms with van der Waals surface area (Å²) in [5, 5.41) is 4.38. The molecule has 3 heteroatoms. The molecule has 0 bridgehead atoms. The van der Waals surface area contributed by atoms with Crippen molar-refractivity contribution in [2.75, 3.05) is 18.5 Å². The lowest BCUT2D eigenvalue weighted by atomic mass is 10.1. The zero-order chi connectivity index (χ0) is 13.8. The normalized spacial score (nSPS) is 16.4.